The molecule has 0 fully saturated rings. The zero-order valence-electron chi connectivity index (χ0n) is 15.0. The first kappa shape index (κ1) is 19.6. The number of likely N-dealkylation sites (N-methyl/N-ethyl adjacent to an activating group) is 1. The highest BCUT2D eigenvalue weighted by atomic mass is 127. The molecule has 130 valence electrons. The number of alkyl halides is 1. The molecule has 0 N–H and O–H groups in total. The van der Waals surface area contributed by atoms with Gasteiger partial charge in [-0.25, -0.2) is 0 Å². The van der Waals surface area contributed by atoms with Gasteiger partial charge < -0.3 is 9.80 Å². The maximum atomic E-state index is 2.45. The van der Waals surface area contributed by atoms with E-state index in [9.17, 15) is 0 Å². The molecule has 3 rings (SSSR count). The Hall–Kier alpha value is -0.720. The minimum Gasteiger partial charge on any atom is -0.338 e. The van der Waals surface area contributed by atoms with Crippen LogP contribution in [-0.4, -0.2) is 36.0 Å². The average Bonchev–Trinajstić information content (AvgIpc) is 2.61. The number of fused-ring (bicyclic) bond motifs is 2. The number of halogens is 1. The van der Waals surface area contributed by atoms with Crippen molar-refractivity contribution in [1.29, 1.82) is 0 Å². The predicted octanol–water partition coefficient (Wildman–Crippen LogP) is 6.07. The van der Waals surface area contributed by atoms with Crippen molar-refractivity contribution in [2.24, 2.45) is 0 Å². The molecule has 2 aromatic carbocycles. The van der Waals surface area contributed by atoms with Gasteiger partial charge in [-0.2, -0.15) is 0 Å². The van der Waals surface area contributed by atoms with E-state index in [2.05, 4.69) is 109 Å². The van der Waals surface area contributed by atoms with Gasteiger partial charge in [-0.05, 0) is 56.1 Å². The van der Waals surface area contributed by atoms with Gasteiger partial charge in [-0.3, -0.25) is 0 Å². The Balaban J connectivity index is 0.000000471. The number of hydrogen-bond donors (Lipinski definition) is 0. The molecular weight excluding hydrogens is 427 g/mol. The van der Waals surface area contributed by atoms with Crippen LogP contribution in [-0.2, 0) is 0 Å². The van der Waals surface area contributed by atoms with Crippen molar-refractivity contribution in [2.45, 2.75) is 36.1 Å². The van der Waals surface area contributed by atoms with E-state index in [0.717, 1.165) is 6.54 Å². The van der Waals surface area contributed by atoms with Gasteiger partial charge in [0.1, 0.15) is 0 Å². The van der Waals surface area contributed by atoms with Crippen molar-refractivity contribution in [3.8, 4) is 0 Å². The fourth-order valence-electron chi connectivity index (χ4n) is 2.41. The SMILES string of the molecule is CC(CN1c2ccccc2Sc2ccccc21)N(C)C.CCCI. The molecule has 0 saturated carbocycles. The molecule has 1 aliphatic rings. The lowest BCUT2D eigenvalue weighted by Gasteiger charge is -2.36. The lowest BCUT2D eigenvalue weighted by atomic mass is 10.2. The van der Waals surface area contributed by atoms with Crippen molar-refractivity contribution < 1.29 is 0 Å². The number of nitrogens with zero attached hydrogens (tertiary/aromatic N) is 2. The summed E-state index contributed by atoms with van der Waals surface area (Å²) in [7, 11) is 4.28. The third-order valence-corrected chi connectivity index (χ3v) is 6.26. The van der Waals surface area contributed by atoms with Gasteiger partial charge >= 0.3 is 0 Å². The maximum Gasteiger partial charge on any atom is 0.0553 e. The van der Waals surface area contributed by atoms with Crippen LogP contribution < -0.4 is 4.90 Å². The number of rotatable bonds is 4. The van der Waals surface area contributed by atoms with Crippen LogP contribution in [0.1, 0.15) is 20.3 Å². The quantitative estimate of drug-likeness (QED) is 0.409. The summed E-state index contributed by atoms with van der Waals surface area (Å²) in [6.45, 7) is 5.45. The number of hydrogen-bond acceptors (Lipinski definition) is 3. The van der Waals surface area contributed by atoms with Gasteiger partial charge in [0, 0.05) is 22.4 Å². The maximum absolute atomic E-state index is 2.45. The molecular formula is C20H27IN2S. The molecule has 0 aromatic heterocycles. The van der Waals surface area contributed by atoms with Crippen molar-refractivity contribution in [3.05, 3.63) is 48.5 Å². The summed E-state index contributed by atoms with van der Waals surface area (Å²) in [5.74, 6) is 0. The van der Waals surface area contributed by atoms with Crippen LogP contribution in [0.5, 0.6) is 0 Å². The van der Waals surface area contributed by atoms with Gasteiger partial charge in [0.15, 0.2) is 0 Å². The summed E-state index contributed by atoms with van der Waals surface area (Å²) in [5.41, 5.74) is 2.65. The molecule has 24 heavy (non-hydrogen) atoms. The van der Waals surface area contributed by atoms with Crippen molar-refractivity contribution in [2.75, 3.05) is 30.0 Å². The van der Waals surface area contributed by atoms with Crippen LogP contribution in [0, 0.1) is 0 Å². The van der Waals surface area contributed by atoms with Gasteiger partial charge in [-0.1, -0.05) is 65.5 Å². The molecule has 0 aliphatic carbocycles. The van der Waals surface area contributed by atoms with Gasteiger partial charge in [0.2, 0.25) is 0 Å². The van der Waals surface area contributed by atoms with Crippen LogP contribution in [0.15, 0.2) is 58.3 Å². The normalized spacial score (nSPS) is 13.7. The third-order valence-electron chi connectivity index (χ3n) is 4.05. The molecule has 1 heterocycles. The van der Waals surface area contributed by atoms with E-state index < -0.39 is 0 Å². The summed E-state index contributed by atoms with van der Waals surface area (Å²) in [6, 6.07) is 17.9. The Labute approximate surface area is 164 Å². The standard InChI is InChI=1S/C17H20N2S.C3H7I/c1-13(18(2)3)12-19-14-8-4-6-10-16(14)20-17-11-7-5-9-15(17)19;1-2-3-4/h4-11,13H,12H2,1-3H3;2-3H2,1H3. The van der Waals surface area contributed by atoms with E-state index in [1.807, 2.05) is 11.8 Å². The van der Waals surface area contributed by atoms with E-state index in [1.165, 1.54) is 32.0 Å². The lowest BCUT2D eigenvalue weighted by molar-refractivity contribution is 0.319. The van der Waals surface area contributed by atoms with E-state index in [4.69, 9.17) is 0 Å². The Bertz CT molecular complexity index is 598. The predicted molar refractivity (Wildman–Crippen MR) is 116 cm³/mol. The summed E-state index contributed by atoms with van der Waals surface area (Å²) < 4.78 is 1.29. The molecule has 1 unspecified atom stereocenters. The van der Waals surface area contributed by atoms with E-state index in [1.54, 1.807) is 0 Å². The average molecular weight is 454 g/mol. The van der Waals surface area contributed by atoms with Crippen molar-refractivity contribution in [3.63, 3.8) is 0 Å². The first-order chi connectivity index (χ1) is 11.6. The van der Waals surface area contributed by atoms with Gasteiger partial charge in [-0.15, -0.1) is 0 Å². The molecule has 1 aliphatic heterocycles. The zero-order valence-corrected chi connectivity index (χ0v) is 18.0. The number of benzene rings is 2. The molecule has 0 spiro atoms. The largest absolute Gasteiger partial charge is 0.338 e. The summed E-state index contributed by atoms with van der Waals surface area (Å²) in [6.07, 6.45) is 1.31. The highest BCUT2D eigenvalue weighted by Crippen LogP contribution is 2.47. The van der Waals surface area contributed by atoms with Crippen LogP contribution in [0.4, 0.5) is 11.4 Å². The zero-order chi connectivity index (χ0) is 17.5. The number of anilines is 2. The molecule has 0 saturated heterocycles. The summed E-state index contributed by atoms with van der Waals surface area (Å²) >= 11 is 4.22. The topological polar surface area (TPSA) is 6.48 Å². The molecule has 0 amide bonds. The van der Waals surface area contributed by atoms with Crippen LogP contribution in [0.2, 0.25) is 0 Å². The fraction of sp³-hybridized carbons (Fsp3) is 0.400. The molecule has 2 aromatic rings. The summed E-state index contributed by atoms with van der Waals surface area (Å²) in [4.78, 5) is 7.41. The minimum atomic E-state index is 0.499. The van der Waals surface area contributed by atoms with Crippen LogP contribution in [0.3, 0.4) is 0 Å². The Morgan fingerprint density at radius 1 is 1.00 bits per heavy atom. The van der Waals surface area contributed by atoms with Crippen LogP contribution in [0.25, 0.3) is 0 Å². The van der Waals surface area contributed by atoms with E-state index in [-0.39, 0.29) is 0 Å². The second-order valence-electron chi connectivity index (χ2n) is 6.15. The second-order valence-corrected chi connectivity index (χ2v) is 8.31. The highest BCUT2D eigenvalue weighted by Gasteiger charge is 2.24. The summed E-state index contributed by atoms with van der Waals surface area (Å²) in [5, 5.41) is 0. The van der Waals surface area contributed by atoms with Gasteiger partial charge in [0.05, 0.1) is 11.4 Å². The Morgan fingerprint density at radius 3 is 1.88 bits per heavy atom. The smallest absolute Gasteiger partial charge is 0.0553 e. The van der Waals surface area contributed by atoms with Crippen LogP contribution >= 0.6 is 34.4 Å². The molecule has 1 atom stereocenters. The van der Waals surface area contributed by atoms with E-state index >= 15 is 0 Å². The Kier molecular flexibility index (Phi) is 7.91. The Morgan fingerprint density at radius 2 is 1.46 bits per heavy atom. The number of para-hydroxylation sites is 2. The molecule has 2 nitrogen and oxygen atoms in total. The fourth-order valence-corrected chi connectivity index (χ4v) is 3.50. The monoisotopic (exact) mass is 454 g/mol. The van der Waals surface area contributed by atoms with E-state index in [0.29, 0.717) is 6.04 Å². The second kappa shape index (κ2) is 9.68. The van der Waals surface area contributed by atoms with Crippen molar-refractivity contribution >= 4 is 45.7 Å². The molecule has 0 bridgehead atoms. The molecule has 0 radical (unpaired) electrons. The first-order valence-electron chi connectivity index (χ1n) is 8.44. The first-order valence-corrected chi connectivity index (χ1v) is 10.8. The third kappa shape index (κ3) is 4.90. The van der Waals surface area contributed by atoms with Crippen molar-refractivity contribution in [1.82, 2.24) is 4.90 Å². The highest BCUT2D eigenvalue weighted by molar-refractivity contribution is 14.1. The molecule has 4 heteroatoms. The van der Waals surface area contributed by atoms with Gasteiger partial charge in [0.25, 0.3) is 0 Å². The minimum absolute atomic E-state index is 0.499. The lowest BCUT2D eigenvalue weighted by Crippen LogP contribution is -2.37.